The second kappa shape index (κ2) is 15.4. The van der Waals surface area contributed by atoms with Crippen LogP contribution in [0.3, 0.4) is 0 Å². The molecule has 2 nitrogen and oxygen atoms in total. The van der Waals surface area contributed by atoms with E-state index in [0.717, 1.165) is 22.5 Å². The molecule has 0 amide bonds. The summed E-state index contributed by atoms with van der Waals surface area (Å²) >= 11 is 1.84. The summed E-state index contributed by atoms with van der Waals surface area (Å²) in [5, 5.41) is 4.08. The maximum Gasteiger partial charge on any atom is 0.0799 e. The Balaban J connectivity index is 0.000000205. The summed E-state index contributed by atoms with van der Waals surface area (Å²) in [4.78, 5) is 9.43. The van der Waals surface area contributed by atoms with Crippen molar-refractivity contribution in [3.63, 3.8) is 0 Å². The number of aryl methyl sites for hydroxylation is 1. The summed E-state index contributed by atoms with van der Waals surface area (Å²) in [6, 6.07) is 40.8. The van der Waals surface area contributed by atoms with Crippen LogP contribution >= 0.6 is 11.3 Å². The van der Waals surface area contributed by atoms with E-state index in [2.05, 4.69) is 150 Å². The number of hydrogen-bond acceptors (Lipinski definition) is 3. The molecule has 0 saturated carbocycles. The van der Waals surface area contributed by atoms with Crippen molar-refractivity contribution in [1.82, 2.24) is 9.97 Å². The van der Waals surface area contributed by atoms with Crippen LogP contribution in [0.2, 0.25) is 19.6 Å². The molecule has 0 atom stereocenters. The molecule has 0 aliphatic heterocycles. The molecule has 5 heteroatoms. The molecule has 7 aromatic rings. The van der Waals surface area contributed by atoms with Crippen LogP contribution in [0.25, 0.3) is 53.8 Å². The van der Waals surface area contributed by atoms with Crippen LogP contribution in [0.4, 0.5) is 0 Å². The molecule has 0 aliphatic carbocycles. The van der Waals surface area contributed by atoms with Crippen molar-refractivity contribution >= 4 is 44.8 Å². The zero-order valence-corrected chi connectivity index (χ0v) is 33.9. The van der Waals surface area contributed by atoms with Gasteiger partial charge in [-0.3, -0.25) is 0 Å². The van der Waals surface area contributed by atoms with Gasteiger partial charge in [0.25, 0.3) is 0 Å². The Morgan fingerprint density at radius 3 is 2.06 bits per heavy atom. The zero-order chi connectivity index (χ0) is 34.0. The fraction of sp³-hybridized carbons (Fsp3) is 0.227. The topological polar surface area (TPSA) is 25.8 Å². The third-order valence-electron chi connectivity index (χ3n) is 8.92. The quantitative estimate of drug-likeness (QED) is 0.123. The fourth-order valence-corrected chi connectivity index (χ4v) is 9.33. The fourth-order valence-electron chi connectivity index (χ4n) is 6.41. The molecule has 251 valence electrons. The molecular weight excluding hydrogens is 809 g/mol. The molecule has 4 aromatic carbocycles. The second-order valence-corrected chi connectivity index (χ2v) is 20.3. The minimum Gasteiger partial charge on any atom is -0.305 e. The predicted octanol–water partition coefficient (Wildman–Crippen LogP) is 12.2. The normalized spacial score (nSPS) is 11.5. The van der Waals surface area contributed by atoms with Gasteiger partial charge in [-0.25, -0.2) is 0 Å². The van der Waals surface area contributed by atoms with Gasteiger partial charge in [-0.1, -0.05) is 113 Å². The average molecular weight is 853 g/mol. The SMILES string of the molecule is CC(C)c1cc(-c2[c-]cccc2)ncc1[Si](C)(C)C.Cc1cnc(-c2[c-]ccc3c2sc2cccc(-c4ccccc4)c23)cc1C(C)C.[Ir]. The zero-order valence-electron chi connectivity index (χ0n) is 29.7. The van der Waals surface area contributed by atoms with Crippen LogP contribution in [0.5, 0.6) is 0 Å². The van der Waals surface area contributed by atoms with Gasteiger partial charge in [-0.05, 0) is 73.7 Å². The molecule has 0 aliphatic rings. The monoisotopic (exact) mass is 853 g/mol. The molecule has 0 spiro atoms. The van der Waals surface area contributed by atoms with Crippen LogP contribution in [0.15, 0.2) is 109 Å². The van der Waals surface area contributed by atoms with E-state index < -0.39 is 8.07 Å². The van der Waals surface area contributed by atoms with E-state index in [0.29, 0.717) is 11.8 Å². The van der Waals surface area contributed by atoms with Crippen molar-refractivity contribution in [3.8, 4) is 33.6 Å². The first kappa shape index (κ1) is 36.5. The van der Waals surface area contributed by atoms with Crippen molar-refractivity contribution in [1.29, 1.82) is 0 Å². The maximum atomic E-state index is 4.77. The van der Waals surface area contributed by atoms with Crippen molar-refractivity contribution in [2.24, 2.45) is 0 Å². The molecule has 0 bridgehead atoms. The van der Waals surface area contributed by atoms with E-state index >= 15 is 0 Å². The van der Waals surface area contributed by atoms with Crippen molar-refractivity contribution in [3.05, 3.63) is 138 Å². The third kappa shape index (κ3) is 7.87. The Bertz CT molecular complexity index is 2180. The number of rotatable bonds is 6. The minimum atomic E-state index is -1.34. The van der Waals surface area contributed by atoms with Crippen LogP contribution in [0.1, 0.15) is 56.2 Å². The summed E-state index contributed by atoms with van der Waals surface area (Å²) < 4.78 is 2.57. The summed E-state index contributed by atoms with van der Waals surface area (Å²) in [7, 11) is -1.34. The predicted molar refractivity (Wildman–Crippen MR) is 211 cm³/mol. The molecule has 0 N–H and O–H groups in total. The Morgan fingerprint density at radius 2 is 1.39 bits per heavy atom. The van der Waals surface area contributed by atoms with E-state index in [-0.39, 0.29) is 20.1 Å². The third-order valence-corrected chi connectivity index (χ3v) is 12.1. The number of thiophene rings is 1. The number of pyridine rings is 2. The number of fused-ring (bicyclic) bond motifs is 3. The molecule has 0 unspecified atom stereocenters. The summed E-state index contributed by atoms with van der Waals surface area (Å²) in [6.07, 6.45) is 4.10. The summed E-state index contributed by atoms with van der Waals surface area (Å²) in [6.45, 7) is 18.3. The number of nitrogens with zero attached hydrogens (tertiary/aromatic N) is 2. The van der Waals surface area contributed by atoms with Gasteiger partial charge in [-0.15, -0.1) is 59.7 Å². The summed E-state index contributed by atoms with van der Waals surface area (Å²) in [5.74, 6) is 1.01. The molecule has 0 saturated heterocycles. The molecule has 3 aromatic heterocycles. The van der Waals surface area contributed by atoms with E-state index in [9.17, 15) is 0 Å². The molecule has 49 heavy (non-hydrogen) atoms. The molecule has 1 radical (unpaired) electrons. The molecule has 0 fully saturated rings. The molecule has 7 rings (SSSR count). The van der Waals surface area contributed by atoms with Crippen LogP contribution in [0, 0.1) is 19.1 Å². The van der Waals surface area contributed by atoms with Crippen LogP contribution in [-0.2, 0) is 20.1 Å². The second-order valence-electron chi connectivity index (χ2n) is 14.2. The van der Waals surface area contributed by atoms with Crippen molar-refractivity contribution in [2.45, 2.75) is 66.1 Å². The standard InChI is InChI=1S/C27H22NS.C17H22NSi.Ir/c1-17(2)23-15-24(28-16-18(23)3)21-12-7-13-22-26-20(19-9-5-4-6-10-19)11-8-14-25(26)29-27(21)22;1-13(2)15-11-16(14-9-7-6-8-10-14)18-12-17(15)19(3,4)5;/h4-11,13-17H,1-3H3;6-9,11-13H,1-5H3;/q2*-1;. The molecular formula is C44H44IrN2SSi-2. The number of aromatic nitrogens is 2. The van der Waals surface area contributed by atoms with Gasteiger partial charge in [-0.2, -0.15) is 11.3 Å². The Kier molecular flexibility index (Phi) is 11.5. The first-order valence-electron chi connectivity index (χ1n) is 16.9. The van der Waals surface area contributed by atoms with Gasteiger partial charge in [0.2, 0.25) is 0 Å². The van der Waals surface area contributed by atoms with Gasteiger partial charge in [0.15, 0.2) is 0 Å². The number of benzene rings is 4. The van der Waals surface area contributed by atoms with E-state index in [1.165, 1.54) is 53.2 Å². The Morgan fingerprint density at radius 1 is 0.694 bits per heavy atom. The summed E-state index contributed by atoms with van der Waals surface area (Å²) in [5.41, 5.74) is 10.8. The van der Waals surface area contributed by atoms with Crippen LogP contribution in [-0.4, -0.2) is 18.0 Å². The first-order chi connectivity index (χ1) is 23.0. The van der Waals surface area contributed by atoms with Gasteiger partial charge >= 0.3 is 0 Å². The average Bonchev–Trinajstić information content (AvgIpc) is 3.48. The number of hydrogen-bond donors (Lipinski definition) is 0. The van der Waals surface area contributed by atoms with Gasteiger partial charge < -0.3 is 9.97 Å². The van der Waals surface area contributed by atoms with Gasteiger partial charge in [0.05, 0.1) is 8.07 Å². The van der Waals surface area contributed by atoms with Crippen LogP contribution < -0.4 is 5.19 Å². The Labute approximate surface area is 311 Å². The Hall–Kier alpha value is -3.73. The largest absolute Gasteiger partial charge is 0.305 e. The van der Waals surface area contributed by atoms with Gasteiger partial charge in [0.1, 0.15) is 0 Å². The molecule has 3 heterocycles. The van der Waals surface area contributed by atoms with Crippen molar-refractivity contribution in [2.75, 3.05) is 0 Å². The van der Waals surface area contributed by atoms with E-state index in [1.54, 1.807) is 0 Å². The first-order valence-corrected chi connectivity index (χ1v) is 21.2. The van der Waals surface area contributed by atoms with Crippen molar-refractivity contribution < 1.29 is 20.1 Å². The van der Waals surface area contributed by atoms with E-state index in [1.807, 2.05) is 41.8 Å². The minimum absolute atomic E-state index is 0. The smallest absolute Gasteiger partial charge is 0.0799 e. The maximum absolute atomic E-state index is 4.77. The van der Waals surface area contributed by atoms with E-state index in [4.69, 9.17) is 4.98 Å². The van der Waals surface area contributed by atoms with Gasteiger partial charge in [0, 0.05) is 37.2 Å².